The van der Waals surface area contributed by atoms with Gasteiger partial charge in [0.15, 0.2) is 0 Å². The third-order valence-electron chi connectivity index (χ3n) is 6.62. The van der Waals surface area contributed by atoms with Crippen LogP contribution in [0.5, 0.6) is 0 Å². The molecule has 0 radical (unpaired) electrons. The predicted molar refractivity (Wildman–Crippen MR) is 116 cm³/mol. The minimum atomic E-state index is 0.209. The monoisotopic (exact) mass is 351 g/mol. The summed E-state index contributed by atoms with van der Waals surface area (Å²) >= 11 is 0. The summed E-state index contributed by atoms with van der Waals surface area (Å²) in [5, 5.41) is 1.34. The molecule has 1 heteroatoms. The van der Waals surface area contributed by atoms with Crippen molar-refractivity contribution in [1.29, 1.82) is 0 Å². The largest absolute Gasteiger partial charge is 0.253 e. The maximum atomic E-state index is 4.74. The van der Waals surface area contributed by atoms with Crippen LogP contribution >= 0.6 is 0 Å². The molecule has 4 unspecified atom stereocenters. The van der Waals surface area contributed by atoms with E-state index in [1.165, 1.54) is 29.4 Å². The molecule has 1 aliphatic carbocycles. The number of pyridine rings is 1. The summed E-state index contributed by atoms with van der Waals surface area (Å²) < 4.78 is 0. The molecule has 1 aliphatic rings. The van der Waals surface area contributed by atoms with Gasteiger partial charge in [-0.3, -0.25) is 4.98 Å². The van der Waals surface area contributed by atoms with Gasteiger partial charge in [0.1, 0.15) is 0 Å². The van der Waals surface area contributed by atoms with Gasteiger partial charge in [0, 0.05) is 11.1 Å². The van der Waals surface area contributed by atoms with Gasteiger partial charge in [-0.15, -0.1) is 6.58 Å². The molecule has 0 N–H and O–H groups in total. The van der Waals surface area contributed by atoms with Gasteiger partial charge in [0.2, 0.25) is 0 Å². The van der Waals surface area contributed by atoms with Crippen LogP contribution in [0.3, 0.4) is 0 Å². The molecule has 0 spiro atoms. The van der Waals surface area contributed by atoms with E-state index in [2.05, 4.69) is 71.5 Å². The Hall–Kier alpha value is -1.63. The van der Waals surface area contributed by atoms with Crippen LogP contribution < -0.4 is 0 Å². The topological polar surface area (TPSA) is 12.9 Å². The van der Waals surface area contributed by atoms with E-state index in [4.69, 9.17) is 4.98 Å². The molecule has 2 aromatic rings. The molecule has 4 atom stereocenters. The first-order chi connectivity index (χ1) is 12.4. The second kappa shape index (κ2) is 8.37. The lowest BCUT2D eigenvalue weighted by Crippen LogP contribution is -2.41. The Labute approximate surface area is 160 Å². The molecule has 0 saturated heterocycles. The third kappa shape index (κ3) is 3.72. The van der Waals surface area contributed by atoms with E-state index in [0.29, 0.717) is 11.8 Å². The second-order valence-corrected chi connectivity index (χ2v) is 8.13. The zero-order chi connectivity index (χ0) is 19.5. The number of aryl methyl sites for hydroxylation is 2. The van der Waals surface area contributed by atoms with Crippen LogP contribution in [0.15, 0.2) is 36.9 Å². The minimum absolute atomic E-state index is 0.209. The smallest absolute Gasteiger partial charge is 0.0708 e. The number of rotatable bonds is 3. The minimum Gasteiger partial charge on any atom is -0.253 e. The van der Waals surface area contributed by atoms with Crippen molar-refractivity contribution in [3.63, 3.8) is 0 Å². The molecular weight excluding hydrogens is 314 g/mol. The third-order valence-corrected chi connectivity index (χ3v) is 6.62. The van der Waals surface area contributed by atoms with Gasteiger partial charge in [-0.05, 0) is 78.7 Å². The molecule has 0 bridgehead atoms. The molecular formula is C25H37N. The van der Waals surface area contributed by atoms with E-state index >= 15 is 0 Å². The molecule has 1 heterocycles. The highest BCUT2D eigenvalue weighted by Crippen LogP contribution is 2.49. The van der Waals surface area contributed by atoms with E-state index in [0.717, 1.165) is 23.5 Å². The number of allylic oxidation sites excluding steroid dienone is 1. The average Bonchev–Trinajstić information content (AvgIpc) is 2.66. The Morgan fingerprint density at radius 1 is 1.23 bits per heavy atom. The zero-order valence-corrected chi connectivity index (χ0v) is 17.9. The van der Waals surface area contributed by atoms with E-state index in [9.17, 15) is 0 Å². The Bertz CT molecular complexity index is 760. The van der Waals surface area contributed by atoms with E-state index < -0.39 is 0 Å². The number of aromatic nitrogens is 1. The van der Waals surface area contributed by atoms with Gasteiger partial charge < -0.3 is 0 Å². The van der Waals surface area contributed by atoms with Crippen molar-refractivity contribution in [3.05, 3.63) is 53.7 Å². The summed E-state index contributed by atoms with van der Waals surface area (Å²) in [5.74, 6) is 2.03. The Morgan fingerprint density at radius 3 is 2.54 bits per heavy atom. The van der Waals surface area contributed by atoms with Gasteiger partial charge in [-0.1, -0.05) is 53.7 Å². The maximum absolute atomic E-state index is 4.74. The maximum Gasteiger partial charge on any atom is 0.0708 e. The van der Waals surface area contributed by atoms with E-state index in [-0.39, 0.29) is 5.41 Å². The lowest BCUT2D eigenvalue weighted by atomic mass is 9.58. The second-order valence-electron chi connectivity index (χ2n) is 8.13. The van der Waals surface area contributed by atoms with E-state index in [1.54, 1.807) is 0 Å². The molecule has 1 saturated carbocycles. The number of nitrogens with zero attached hydrogens (tertiary/aromatic N) is 1. The van der Waals surface area contributed by atoms with Crippen molar-refractivity contribution in [3.8, 4) is 0 Å². The summed E-state index contributed by atoms with van der Waals surface area (Å²) in [6, 6.07) is 9.23. The fraction of sp³-hybridized carbons (Fsp3) is 0.560. The molecule has 1 aromatic carbocycles. The number of benzene rings is 1. The van der Waals surface area contributed by atoms with Gasteiger partial charge in [0.25, 0.3) is 0 Å². The highest BCUT2D eigenvalue weighted by Gasteiger charge is 2.42. The number of hydrogen-bond acceptors (Lipinski definition) is 1. The molecule has 1 fully saturated rings. The summed E-state index contributed by atoms with van der Waals surface area (Å²) in [4.78, 5) is 4.74. The Morgan fingerprint density at radius 2 is 1.92 bits per heavy atom. The first-order valence-corrected chi connectivity index (χ1v) is 10.4. The van der Waals surface area contributed by atoms with Gasteiger partial charge in [-0.25, -0.2) is 0 Å². The molecule has 26 heavy (non-hydrogen) atoms. The Kier molecular flexibility index (Phi) is 6.66. The van der Waals surface area contributed by atoms with Crippen LogP contribution in [0.4, 0.5) is 0 Å². The Balaban J connectivity index is 0.00000117. The highest BCUT2D eigenvalue weighted by atomic mass is 14.7. The van der Waals surface area contributed by atoms with Crippen molar-refractivity contribution < 1.29 is 0 Å². The summed E-state index contributed by atoms with van der Waals surface area (Å²) in [6.45, 7) is 19.7. The van der Waals surface area contributed by atoms with Gasteiger partial charge in [0.05, 0.1) is 5.52 Å². The first-order valence-electron chi connectivity index (χ1n) is 10.4. The van der Waals surface area contributed by atoms with Crippen LogP contribution in [-0.4, -0.2) is 4.98 Å². The normalized spacial score (nSPS) is 28.3. The van der Waals surface area contributed by atoms with Gasteiger partial charge >= 0.3 is 0 Å². The number of fused-ring (bicyclic) bond motifs is 1. The van der Waals surface area contributed by atoms with Crippen LogP contribution in [0, 0.1) is 24.7 Å². The standard InChI is InChI=1S/C23H31N.C2H6/c1-7-18-11-15(3)17(5)23(6,14-18)20-9-10-22-21(13-20)19(8-2)12-16(4)24-22;1-2/h7,9-10,12-13,15,17-18H,1,8,11,14H2,2-6H3;1-2H3. The van der Waals surface area contributed by atoms with Crippen molar-refractivity contribution >= 4 is 10.9 Å². The molecule has 3 rings (SSSR count). The quantitative estimate of drug-likeness (QED) is 0.530. The average molecular weight is 352 g/mol. The van der Waals surface area contributed by atoms with Gasteiger partial charge in [-0.2, -0.15) is 0 Å². The summed E-state index contributed by atoms with van der Waals surface area (Å²) in [7, 11) is 0. The molecule has 0 aliphatic heterocycles. The van der Waals surface area contributed by atoms with Crippen molar-refractivity contribution in [2.75, 3.05) is 0 Å². The highest BCUT2D eigenvalue weighted by molar-refractivity contribution is 5.83. The molecule has 1 aromatic heterocycles. The molecule has 1 nitrogen and oxygen atoms in total. The summed E-state index contributed by atoms with van der Waals surface area (Å²) in [5.41, 5.74) is 5.35. The number of hydrogen-bond donors (Lipinski definition) is 0. The van der Waals surface area contributed by atoms with Crippen LogP contribution in [-0.2, 0) is 11.8 Å². The van der Waals surface area contributed by atoms with Crippen molar-refractivity contribution in [2.24, 2.45) is 17.8 Å². The molecule has 142 valence electrons. The van der Waals surface area contributed by atoms with Crippen molar-refractivity contribution in [2.45, 2.75) is 73.1 Å². The van der Waals surface area contributed by atoms with Crippen LogP contribution in [0.2, 0.25) is 0 Å². The lowest BCUT2D eigenvalue weighted by molar-refractivity contribution is 0.125. The predicted octanol–water partition coefficient (Wildman–Crippen LogP) is 7.26. The SMILES string of the molecule is C=CC1CC(C)C(C)C(C)(c2ccc3nc(C)cc(CC)c3c2)C1.CC. The van der Waals surface area contributed by atoms with Crippen LogP contribution in [0.1, 0.15) is 71.2 Å². The van der Waals surface area contributed by atoms with Crippen molar-refractivity contribution in [1.82, 2.24) is 4.98 Å². The fourth-order valence-corrected chi connectivity index (χ4v) is 4.77. The fourth-order valence-electron chi connectivity index (χ4n) is 4.77. The lowest BCUT2D eigenvalue weighted by Gasteiger charge is -2.47. The van der Waals surface area contributed by atoms with Crippen LogP contribution in [0.25, 0.3) is 10.9 Å². The first kappa shape index (κ1) is 20.7. The summed E-state index contributed by atoms with van der Waals surface area (Å²) in [6.07, 6.45) is 5.70. The zero-order valence-electron chi connectivity index (χ0n) is 17.9. The molecule has 0 amide bonds. The van der Waals surface area contributed by atoms with E-state index in [1.807, 2.05) is 13.8 Å².